The van der Waals surface area contributed by atoms with E-state index in [1.165, 1.54) is 19.4 Å². The van der Waals surface area contributed by atoms with Gasteiger partial charge >= 0.3 is 0 Å². The number of aryl methyl sites for hydroxylation is 1. The number of hydrogen-bond donors (Lipinski definition) is 1. The summed E-state index contributed by atoms with van der Waals surface area (Å²) < 4.78 is 0. The van der Waals surface area contributed by atoms with Crippen molar-refractivity contribution in [3.8, 4) is 11.4 Å². The molecule has 112 valence electrons. The minimum Gasteiger partial charge on any atom is -0.300 e. The van der Waals surface area contributed by atoms with E-state index < -0.39 is 0 Å². The Morgan fingerprint density at radius 2 is 2.10 bits per heavy atom. The van der Waals surface area contributed by atoms with Crippen LogP contribution in [0.3, 0.4) is 0 Å². The molecule has 3 heterocycles. The summed E-state index contributed by atoms with van der Waals surface area (Å²) in [4.78, 5) is 11.7. The summed E-state index contributed by atoms with van der Waals surface area (Å²) in [6.45, 7) is 8.80. The molecule has 2 aromatic heterocycles. The lowest BCUT2D eigenvalue weighted by Crippen LogP contribution is -2.39. The van der Waals surface area contributed by atoms with Gasteiger partial charge in [0.25, 0.3) is 0 Å². The Labute approximate surface area is 125 Å². The van der Waals surface area contributed by atoms with Crippen LogP contribution in [0.25, 0.3) is 11.4 Å². The van der Waals surface area contributed by atoms with Crippen LogP contribution in [0.15, 0.2) is 18.5 Å². The maximum atomic E-state index is 4.64. The standard InChI is InChI=1S/C16H23N5/c1-11(2)21-6-4-5-13(10-21)15-8-18-16(9-17-15)14-7-12(3)19-20-14/h7-9,11,13H,4-6,10H2,1-3H3,(H,19,20)/t13-/m1/s1. The fourth-order valence-corrected chi connectivity index (χ4v) is 2.95. The Balaban J connectivity index is 1.74. The lowest BCUT2D eigenvalue weighted by Gasteiger charge is -2.35. The Morgan fingerprint density at radius 3 is 2.71 bits per heavy atom. The number of rotatable bonds is 3. The third kappa shape index (κ3) is 3.13. The minimum absolute atomic E-state index is 0.503. The fourth-order valence-electron chi connectivity index (χ4n) is 2.95. The first-order chi connectivity index (χ1) is 10.1. The molecular formula is C16H23N5. The molecule has 3 rings (SSSR count). The van der Waals surface area contributed by atoms with Gasteiger partial charge in [-0.1, -0.05) is 0 Å². The molecule has 0 saturated carbocycles. The Bertz CT molecular complexity index is 587. The van der Waals surface area contributed by atoms with Gasteiger partial charge in [0.15, 0.2) is 0 Å². The molecule has 1 aliphatic heterocycles. The minimum atomic E-state index is 0.503. The lowest BCUT2D eigenvalue weighted by atomic mass is 9.94. The van der Waals surface area contributed by atoms with E-state index in [9.17, 15) is 0 Å². The summed E-state index contributed by atoms with van der Waals surface area (Å²) in [6.07, 6.45) is 6.22. The first-order valence-corrected chi connectivity index (χ1v) is 7.72. The monoisotopic (exact) mass is 285 g/mol. The van der Waals surface area contributed by atoms with Gasteiger partial charge in [-0.2, -0.15) is 5.10 Å². The average molecular weight is 285 g/mol. The molecule has 1 N–H and O–H groups in total. The second-order valence-corrected chi connectivity index (χ2v) is 6.19. The molecule has 1 fully saturated rings. The highest BCUT2D eigenvalue weighted by atomic mass is 15.2. The van der Waals surface area contributed by atoms with Gasteiger partial charge < -0.3 is 4.90 Å². The van der Waals surface area contributed by atoms with Crippen LogP contribution in [0, 0.1) is 6.92 Å². The molecule has 0 unspecified atom stereocenters. The van der Waals surface area contributed by atoms with Gasteiger partial charge in [0.2, 0.25) is 0 Å². The average Bonchev–Trinajstić information content (AvgIpc) is 2.94. The van der Waals surface area contributed by atoms with Crippen LogP contribution in [0.5, 0.6) is 0 Å². The normalized spacial score (nSPS) is 20.1. The molecular weight excluding hydrogens is 262 g/mol. The van der Waals surface area contributed by atoms with Crippen molar-refractivity contribution in [2.24, 2.45) is 0 Å². The maximum absolute atomic E-state index is 4.64. The summed E-state index contributed by atoms with van der Waals surface area (Å²) in [5, 5.41) is 7.17. The van der Waals surface area contributed by atoms with E-state index in [1.807, 2.05) is 25.4 Å². The van der Waals surface area contributed by atoms with Crippen molar-refractivity contribution < 1.29 is 0 Å². The van der Waals surface area contributed by atoms with Gasteiger partial charge in [-0.3, -0.25) is 15.1 Å². The number of piperidine rings is 1. The molecule has 0 spiro atoms. The highest BCUT2D eigenvalue weighted by molar-refractivity contribution is 5.52. The first-order valence-electron chi connectivity index (χ1n) is 7.72. The van der Waals surface area contributed by atoms with Crippen LogP contribution in [-0.4, -0.2) is 44.2 Å². The van der Waals surface area contributed by atoms with Crippen LogP contribution >= 0.6 is 0 Å². The van der Waals surface area contributed by atoms with E-state index in [0.29, 0.717) is 12.0 Å². The maximum Gasteiger partial charge on any atom is 0.112 e. The van der Waals surface area contributed by atoms with Crippen molar-refractivity contribution in [2.75, 3.05) is 13.1 Å². The highest BCUT2D eigenvalue weighted by Crippen LogP contribution is 2.26. The molecule has 0 aliphatic carbocycles. The largest absolute Gasteiger partial charge is 0.300 e. The zero-order valence-corrected chi connectivity index (χ0v) is 13.0. The van der Waals surface area contributed by atoms with Crippen LogP contribution in [0.1, 0.15) is 44.0 Å². The van der Waals surface area contributed by atoms with Crippen LogP contribution in [-0.2, 0) is 0 Å². The number of likely N-dealkylation sites (tertiary alicyclic amines) is 1. The molecule has 1 atom stereocenters. The number of H-pyrrole nitrogens is 1. The van der Waals surface area contributed by atoms with E-state index in [-0.39, 0.29) is 0 Å². The smallest absolute Gasteiger partial charge is 0.112 e. The molecule has 1 aliphatic rings. The number of nitrogens with one attached hydrogen (secondary N) is 1. The third-order valence-corrected chi connectivity index (χ3v) is 4.24. The Kier molecular flexibility index (Phi) is 4.01. The number of aromatic amines is 1. The molecule has 0 amide bonds. The summed E-state index contributed by atoms with van der Waals surface area (Å²) in [5.41, 5.74) is 3.84. The third-order valence-electron chi connectivity index (χ3n) is 4.24. The number of nitrogens with zero attached hydrogens (tertiary/aromatic N) is 4. The highest BCUT2D eigenvalue weighted by Gasteiger charge is 2.24. The van der Waals surface area contributed by atoms with Crippen molar-refractivity contribution in [1.29, 1.82) is 0 Å². The SMILES string of the molecule is Cc1cc(-c2cnc([C@@H]3CCCN(C(C)C)C3)cn2)n[nH]1. The van der Waals surface area contributed by atoms with E-state index in [2.05, 4.69) is 38.9 Å². The zero-order valence-electron chi connectivity index (χ0n) is 13.0. The number of aromatic nitrogens is 4. The fraction of sp³-hybridized carbons (Fsp3) is 0.562. The van der Waals surface area contributed by atoms with Crippen LogP contribution < -0.4 is 0 Å². The van der Waals surface area contributed by atoms with Gasteiger partial charge in [0, 0.05) is 30.4 Å². The quantitative estimate of drug-likeness (QED) is 0.942. The van der Waals surface area contributed by atoms with Crippen LogP contribution in [0.4, 0.5) is 0 Å². The molecule has 5 nitrogen and oxygen atoms in total. The van der Waals surface area contributed by atoms with E-state index in [4.69, 9.17) is 0 Å². The van der Waals surface area contributed by atoms with Crippen molar-refractivity contribution >= 4 is 0 Å². The molecule has 0 radical (unpaired) electrons. The van der Waals surface area contributed by atoms with Crippen molar-refractivity contribution in [3.05, 3.63) is 29.8 Å². The van der Waals surface area contributed by atoms with Crippen molar-refractivity contribution in [1.82, 2.24) is 25.1 Å². The summed E-state index contributed by atoms with van der Waals surface area (Å²) in [7, 11) is 0. The molecule has 1 saturated heterocycles. The van der Waals surface area contributed by atoms with Gasteiger partial charge in [-0.15, -0.1) is 0 Å². The second-order valence-electron chi connectivity index (χ2n) is 6.19. The zero-order chi connectivity index (χ0) is 14.8. The lowest BCUT2D eigenvalue weighted by molar-refractivity contribution is 0.166. The van der Waals surface area contributed by atoms with Gasteiger partial charge in [-0.25, -0.2) is 0 Å². The Morgan fingerprint density at radius 1 is 1.24 bits per heavy atom. The molecule has 0 bridgehead atoms. The summed E-state index contributed by atoms with van der Waals surface area (Å²) >= 11 is 0. The molecule has 0 aromatic carbocycles. The predicted molar refractivity (Wildman–Crippen MR) is 83.0 cm³/mol. The van der Waals surface area contributed by atoms with Gasteiger partial charge in [-0.05, 0) is 46.2 Å². The summed E-state index contributed by atoms with van der Waals surface area (Å²) in [6, 6.07) is 2.59. The summed E-state index contributed by atoms with van der Waals surface area (Å²) in [5.74, 6) is 0.503. The first kappa shape index (κ1) is 14.2. The van der Waals surface area contributed by atoms with Gasteiger partial charge in [0.1, 0.15) is 11.4 Å². The van der Waals surface area contributed by atoms with Crippen molar-refractivity contribution in [3.63, 3.8) is 0 Å². The van der Waals surface area contributed by atoms with E-state index in [1.54, 1.807) is 0 Å². The van der Waals surface area contributed by atoms with E-state index >= 15 is 0 Å². The van der Waals surface area contributed by atoms with Crippen LogP contribution in [0.2, 0.25) is 0 Å². The second kappa shape index (κ2) is 5.93. The molecule has 2 aromatic rings. The predicted octanol–water partition coefficient (Wildman–Crippen LogP) is 2.76. The molecule has 21 heavy (non-hydrogen) atoms. The number of hydrogen-bond acceptors (Lipinski definition) is 4. The Hall–Kier alpha value is -1.75. The van der Waals surface area contributed by atoms with E-state index in [0.717, 1.165) is 29.3 Å². The van der Waals surface area contributed by atoms with Gasteiger partial charge in [0.05, 0.1) is 11.9 Å². The van der Waals surface area contributed by atoms with Crippen molar-refractivity contribution in [2.45, 2.75) is 45.6 Å². The molecule has 5 heteroatoms. The topological polar surface area (TPSA) is 57.7 Å².